The van der Waals surface area contributed by atoms with E-state index in [0.717, 1.165) is 25.1 Å². The highest BCUT2D eigenvalue weighted by molar-refractivity contribution is 5.70. The predicted octanol–water partition coefficient (Wildman–Crippen LogP) is 1.51. The second-order valence-electron chi connectivity index (χ2n) is 4.74. The molecule has 1 aromatic carbocycles. The number of hydrogen-bond donors (Lipinski definition) is 1. The van der Waals surface area contributed by atoms with E-state index in [-0.39, 0.29) is 24.1 Å². The molecule has 96 valence electrons. The number of carbonyl (C=O) groups is 1. The number of nitrogens with zero attached hydrogens (tertiary/aromatic N) is 1. The van der Waals surface area contributed by atoms with Crippen LogP contribution in [-0.4, -0.2) is 36.2 Å². The van der Waals surface area contributed by atoms with E-state index < -0.39 is 0 Å². The molecule has 0 saturated carbocycles. The number of amides is 1. The van der Waals surface area contributed by atoms with Gasteiger partial charge in [0.25, 0.3) is 0 Å². The summed E-state index contributed by atoms with van der Waals surface area (Å²) in [7, 11) is 0. The van der Waals surface area contributed by atoms with Gasteiger partial charge in [-0.1, -0.05) is 12.1 Å². The van der Waals surface area contributed by atoms with E-state index in [9.17, 15) is 9.18 Å². The standard InChI is InChI=1S/C13H15FN2O2/c14-10-3-1-9(2-4-10)8-16-11-5-6-15-7-12(11)18-13(16)17/h1-4,11-12,15H,5-8H2. The summed E-state index contributed by atoms with van der Waals surface area (Å²) in [6.45, 7) is 2.11. The molecule has 4 nitrogen and oxygen atoms in total. The first-order valence-corrected chi connectivity index (χ1v) is 6.16. The molecule has 2 saturated heterocycles. The summed E-state index contributed by atoms with van der Waals surface area (Å²) >= 11 is 0. The zero-order valence-corrected chi connectivity index (χ0v) is 9.93. The third-order valence-electron chi connectivity index (χ3n) is 3.54. The Kier molecular flexibility index (Phi) is 2.91. The van der Waals surface area contributed by atoms with Crippen LogP contribution < -0.4 is 5.32 Å². The van der Waals surface area contributed by atoms with Gasteiger partial charge in [0, 0.05) is 13.1 Å². The van der Waals surface area contributed by atoms with Crippen LogP contribution in [0.25, 0.3) is 0 Å². The van der Waals surface area contributed by atoms with Crippen LogP contribution in [0.2, 0.25) is 0 Å². The Morgan fingerprint density at radius 3 is 2.94 bits per heavy atom. The number of halogens is 1. The topological polar surface area (TPSA) is 41.6 Å². The van der Waals surface area contributed by atoms with Crippen molar-refractivity contribution in [3.05, 3.63) is 35.6 Å². The van der Waals surface area contributed by atoms with Crippen molar-refractivity contribution in [1.29, 1.82) is 0 Å². The number of benzene rings is 1. The highest BCUT2D eigenvalue weighted by atomic mass is 19.1. The summed E-state index contributed by atoms with van der Waals surface area (Å²) < 4.78 is 18.2. The van der Waals surface area contributed by atoms with Crippen molar-refractivity contribution in [3.63, 3.8) is 0 Å². The fourth-order valence-corrected chi connectivity index (χ4v) is 2.59. The van der Waals surface area contributed by atoms with Gasteiger partial charge in [-0.15, -0.1) is 0 Å². The number of nitrogens with one attached hydrogen (secondary N) is 1. The Labute approximate surface area is 105 Å². The van der Waals surface area contributed by atoms with Gasteiger partial charge in [0.1, 0.15) is 11.9 Å². The number of hydrogen-bond acceptors (Lipinski definition) is 3. The minimum Gasteiger partial charge on any atom is -0.443 e. The summed E-state index contributed by atoms with van der Waals surface area (Å²) in [5, 5.41) is 3.22. The van der Waals surface area contributed by atoms with Crippen molar-refractivity contribution in [1.82, 2.24) is 10.2 Å². The molecule has 2 unspecified atom stereocenters. The number of carbonyl (C=O) groups excluding carboxylic acids is 1. The van der Waals surface area contributed by atoms with Gasteiger partial charge in [0.05, 0.1) is 6.04 Å². The van der Waals surface area contributed by atoms with Crippen LogP contribution in [0, 0.1) is 5.82 Å². The monoisotopic (exact) mass is 250 g/mol. The molecule has 0 radical (unpaired) electrons. The Bertz CT molecular complexity index is 449. The highest BCUT2D eigenvalue weighted by Gasteiger charge is 2.42. The Balaban J connectivity index is 1.75. The molecule has 3 rings (SSSR count). The van der Waals surface area contributed by atoms with Crippen molar-refractivity contribution >= 4 is 6.09 Å². The Hall–Kier alpha value is -1.62. The lowest BCUT2D eigenvalue weighted by Crippen LogP contribution is -2.47. The second kappa shape index (κ2) is 4.57. The molecule has 5 heteroatoms. The maximum Gasteiger partial charge on any atom is 0.410 e. The molecule has 2 atom stereocenters. The molecule has 2 aliphatic heterocycles. The van der Waals surface area contributed by atoms with Crippen molar-refractivity contribution in [2.24, 2.45) is 0 Å². The fourth-order valence-electron chi connectivity index (χ4n) is 2.59. The summed E-state index contributed by atoms with van der Waals surface area (Å²) in [5.41, 5.74) is 0.924. The number of ether oxygens (including phenoxy) is 1. The molecular formula is C13H15FN2O2. The van der Waals surface area contributed by atoms with Crippen molar-refractivity contribution < 1.29 is 13.9 Å². The van der Waals surface area contributed by atoms with Crippen LogP contribution in [0.3, 0.4) is 0 Å². The normalized spacial score (nSPS) is 26.9. The molecule has 0 aliphatic carbocycles. The molecule has 0 aromatic heterocycles. The zero-order chi connectivity index (χ0) is 12.5. The smallest absolute Gasteiger partial charge is 0.410 e. The summed E-state index contributed by atoms with van der Waals surface area (Å²) in [6.07, 6.45) is 0.585. The molecule has 18 heavy (non-hydrogen) atoms. The van der Waals surface area contributed by atoms with Crippen LogP contribution in [0.1, 0.15) is 12.0 Å². The van der Waals surface area contributed by atoms with Crippen LogP contribution in [-0.2, 0) is 11.3 Å². The number of fused-ring (bicyclic) bond motifs is 1. The van der Waals surface area contributed by atoms with Crippen LogP contribution in [0.4, 0.5) is 9.18 Å². The van der Waals surface area contributed by atoms with Gasteiger partial charge in [0.2, 0.25) is 0 Å². The van der Waals surface area contributed by atoms with Gasteiger partial charge in [0.15, 0.2) is 0 Å². The third-order valence-corrected chi connectivity index (χ3v) is 3.54. The van der Waals surface area contributed by atoms with E-state index in [0.29, 0.717) is 6.54 Å². The van der Waals surface area contributed by atoms with E-state index in [4.69, 9.17) is 4.74 Å². The molecule has 1 amide bonds. The average Bonchev–Trinajstić information content (AvgIpc) is 2.69. The van der Waals surface area contributed by atoms with Gasteiger partial charge in [-0.25, -0.2) is 9.18 Å². The zero-order valence-electron chi connectivity index (χ0n) is 9.93. The van der Waals surface area contributed by atoms with Crippen molar-refractivity contribution in [3.8, 4) is 0 Å². The quantitative estimate of drug-likeness (QED) is 0.865. The fraction of sp³-hybridized carbons (Fsp3) is 0.462. The molecular weight excluding hydrogens is 235 g/mol. The summed E-state index contributed by atoms with van der Waals surface area (Å²) in [4.78, 5) is 13.6. The van der Waals surface area contributed by atoms with E-state index in [1.165, 1.54) is 12.1 Å². The maximum absolute atomic E-state index is 12.8. The molecule has 1 N–H and O–H groups in total. The van der Waals surface area contributed by atoms with Crippen LogP contribution in [0.5, 0.6) is 0 Å². The molecule has 2 heterocycles. The van der Waals surface area contributed by atoms with E-state index in [2.05, 4.69) is 5.32 Å². The lowest BCUT2D eigenvalue weighted by molar-refractivity contribution is 0.121. The first-order chi connectivity index (χ1) is 8.74. The van der Waals surface area contributed by atoms with Crippen LogP contribution in [0.15, 0.2) is 24.3 Å². The molecule has 0 bridgehead atoms. The minimum absolute atomic E-state index is 0.0494. The van der Waals surface area contributed by atoms with Gasteiger partial charge in [-0.2, -0.15) is 0 Å². The highest BCUT2D eigenvalue weighted by Crippen LogP contribution is 2.25. The third kappa shape index (κ3) is 2.06. The summed E-state index contributed by atoms with van der Waals surface area (Å²) in [5.74, 6) is -0.262. The van der Waals surface area contributed by atoms with Gasteiger partial charge in [-0.3, -0.25) is 4.90 Å². The number of piperidine rings is 1. The van der Waals surface area contributed by atoms with E-state index in [1.807, 2.05) is 0 Å². The van der Waals surface area contributed by atoms with Crippen LogP contribution >= 0.6 is 0 Å². The lowest BCUT2D eigenvalue weighted by atomic mass is 10.0. The Morgan fingerprint density at radius 1 is 1.39 bits per heavy atom. The number of rotatable bonds is 2. The van der Waals surface area contributed by atoms with E-state index in [1.54, 1.807) is 17.0 Å². The van der Waals surface area contributed by atoms with Gasteiger partial charge >= 0.3 is 6.09 Å². The first-order valence-electron chi connectivity index (χ1n) is 6.16. The SMILES string of the molecule is O=C1OC2CNCCC2N1Cc1ccc(F)cc1. The van der Waals surface area contributed by atoms with E-state index >= 15 is 0 Å². The molecule has 2 fully saturated rings. The minimum atomic E-state index is -0.266. The Morgan fingerprint density at radius 2 is 2.17 bits per heavy atom. The average molecular weight is 250 g/mol. The molecule has 0 spiro atoms. The molecule has 1 aromatic rings. The second-order valence-corrected chi connectivity index (χ2v) is 4.74. The van der Waals surface area contributed by atoms with Gasteiger partial charge < -0.3 is 10.1 Å². The van der Waals surface area contributed by atoms with Crippen molar-refractivity contribution in [2.45, 2.75) is 25.1 Å². The lowest BCUT2D eigenvalue weighted by Gasteiger charge is -2.28. The predicted molar refractivity (Wildman–Crippen MR) is 63.5 cm³/mol. The first kappa shape index (κ1) is 11.5. The maximum atomic E-state index is 12.8. The summed E-state index contributed by atoms with van der Waals surface area (Å²) in [6, 6.07) is 6.38. The van der Waals surface area contributed by atoms with Crippen molar-refractivity contribution in [2.75, 3.05) is 13.1 Å². The largest absolute Gasteiger partial charge is 0.443 e. The molecule has 2 aliphatic rings. The van der Waals surface area contributed by atoms with Gasteiger partial charge in [-0.05, 0) is 30.7 Å².